The van der Waals surface area contributed by atoms with Crippen molar-refractivity contribution in [1.82, 2.24) is 9.80 Å². The maximum Gasteiger partial charge on any atom is 0.410 e. The molecular formula is C16H30N2O4. The minimum atomic E-state index is -0.840. The van der Waals surface area contributed by atoms with Crippen LogP contribution in [0.5, 0.6) is 0 Å². The van der Waals surface area contributed by atoms with Crippen LogP contribution in [-0.4, -0.2) is 64.3 Å². The van der Waals surface area contributed by atoms with Crippen LogP contribution in [0.3, 0.4) is 0 Å². The predicted octanol–water partition coefficient (Wildman–Crippen LogP) is 2.57. The topological polar surface area (TPSA) is 70.1 Å². The Labute approximate surface area is 133 Å². The second-order valence-corrected chi connectivity index (χ2v) is 7.24. The fourth-order valence-electron chi connectivity index (χ4n) is 2.65. The molecule has 0 spiro atoms. The number of hydrogen-bond donors (Lipinski definition) is 1. The molecule has 1 N–H and O–H groups in total. The first-order chi connectivity index (χ1) is 10.1. The molecule has 1 saturated heterocycles. The lowest BCUT2D eigenvalue weighted by atomic mass is 10.0. The van der Waals surface area contributed by atoms with E-state index >= 15 is 0 Å². The highest BCUT2D eigenvalue weighted by molar-refractivity contribution is 5.69. The van der Waals surface area contributed by atoms with Crippen molar-refractivity contribution in [1.29, 1.82) is 0 Å². The summed E-state index contributed by atoms with van der Waals surface area (Å²) in [4.78, 5) is 27.0. The van der Waals surface area contributed by atoms with Crippen LogP contribution < -0.4 is 0 Å². The molecule has 1 rings (SSSR count). The van der Waals surface area contributed by atoms with Gasteiger partial charge in [0.05, 0.1) is 6.54 Å². The third-order valence-electron chi connectivity index (χ3n) is 3.77. The van der Waals surface area contributed by atoms with Gasteiger partial charge in [-0.2, -0.15) is 0 Å². The van der Waals surface area contributed by atoms with Gasteiger partial charge in [-0.15, -0.1) is 0 Å². The van der Waals surface area contributed by atoms with Gasteiger partial charge in [-0.3, -0.25) is 9.69 Å². The second-order valence-electron chi connectivity index (χ2n) is 7.24. The minimum absolute atomic E-state index is 0.00365. The summed E-state index contributed by atoms with van der Waals surface area (Å²) in [7, 11) is 0. The molecule has 0 aliphatic carbocycles. The maximum atomic E-state index is 12.4. The minimum Gasteiger partial charge on any atom is -0.480 e. The predicted molar refractivity (Wildman–Crippen MR) is 84.9 cm³/mol. The molecule has 1 atom stereocenters. The van der Waals surface area contributed by atoms with E-state index in [1.807, 2.05) is 39.5 Å². The number of ether oxygens (including phenoxy) is 1. The molecule has 0 aromatic heterocycles. The van der Waals surface area contributed by atoms with Gasteiger partial charge in [0.25, 0.3) is 0 Å². The van der Waals surface area contributed by atoms with Crippen LogP contribution in [0.15, 0.2) is 0 Å². The first-order valence-electron chi connectivity index (χ1n) is 8.05. The number of amides is 1. The molecule has 22 heavy (non-hydrogen) atoms. The number of nitrogens with zero attached hydrogens (tertiary/aromatic N) is 2. The van der Waals surface area contributed by atoms with E-state index in [0.717, 1.165) is 19.3 Å². The number of carboxylic acid groups (broad SMARTS) is 1. The van der Waals surface area contributed by atoms with E-state index in [1.165, 1.54) is 0 Å². The zero-order valence-electron chi connectivity index (χ0n) is 14.5. The highest BCUT2D eigenvalue weighted by Crippen LogP contribution is 2.21. The van der Waals surface area contributed by atoms with Gasteiger partial charge < -0.3 is 14.7 Å². The van der Waals surface area contributed by atoms with Gasteiger partial charge >= 0.3 is 12.1 Å². The van der Waals surface area contributed by atoms with Gasteiger partial charge in [0.15, 0.2) is 0 Å². The van der Waals surface area contributed by atoms with Crippen molar-refractivity contribution in [3.8, 4) is 0 Å². The van der Waals surface area contributed by atoms with Crippen molar-refractivity contribution < 1.29 is 19.4 Å². The number of carbonyl (C=O) groups excluding carboxylic acids is 1. The number of hydrogen-bond acceptors (Lipinski definition) is 4. The summed E-state index contributed by atoms with van der Waals surface area (Å²) >= 11 is 0. The second kappa shape index (κ2) is 7.81. The smallest absolute Gasteiger partial charge is 0.410 e. The summed E-state index contributed by atoms with van der Waals surface area (Å²) in [5.41, 5.74) is -0.516. The number of likely N-dealkylation sites (tertiary alicyclic amines) is 1. The third-order valence-corrected chi connectivity index (χ3v) is 3.77. The normalized spacial score (nSPS) is 19.6. The van der Waals surface area contributed by atoms with Crippen LogP contribution in [0.4, 0.5) is 4.79 Å². The molecule has 0 aromatic rings. The number of carbonyl (C=O) groups is 2. The maximum absolute atomic E-state index is 12.4. The Kier molecular flexibility index (Phi) is 6.66. The number of rotatable bonds is 5. The largest absolute Gasteiger partial charge is 0.480 e. The van der Waals surface area contributed by atoms with Crippen molar-refractivity contribution in [2.75, 3.05) is 19.6 Å². The van der Waals surface area contributed by atoms with Gasteiger partial charge in [0, 0.05) is 25.2 Å². The van der Waals surface area contributed by atoms with Gasteiger partial charge in [0.2, 0.25) is 0 Å². The van der Waals surface area contributed by atoms with E-state index in [-0.39, 0.29) is 24.7 Å². The van der Waals surface area contributed by atoms with E-state index in [9.17, 15) is 9.59 Å². The van der Waals surface area contributed by atoms with Crippen molar-refractivity contribution in [2.24, 2.45) is 0 Å². The molecule has 1 fully saturated rings. The van der Waals surface area contributed by atoms with Crippen LogP contribution in [0.25, 0.3) is 0 Å². The quantitative estimate of drug-likeness (QED) is 0.844. The summed E-state index contributed by atoms with van der Waals surface area (Å²) in [6.45, 7) is 10.8. The summed E-state index contributed by atoms with van der Waals surface area (Å²) in [6, 6.07) is 0.142. The van der Waals surface area contributed by atoms with E-state index in [4.69, 9.17) is 9.84 Å². The van der Waals surface area contributed by atoms with Crippen LogP contribution in [-0.2, 0) is 9.53 Å². The Morgan fingerprint density at radius 1 is 1.32 bits per heavy atom. The molecule has 0 saturated carbocycles. The Balaban J connectivity index is 2.75. The average Bonchev–Trinajstić information content (AvgIpc) is 2.35. The van der Waals surface area contributed by atoms with Gasteiger partial charge in [0.1, 0.15) is 5.60 Å². The van der Waals surface area contributed by atoms with Crippen LogP contribution in [0.1, 0.15) is 53.9 Å². The SMILES string of the molecule is CC(C)N(CC(=O)O)C[C@@H]1CCCCN1C(=O)OC(C)(C)C. The lowest BCUT2D eigenvalue weighted by molar-refractivity contribution is -0.139. The van der Waals surface area contributed by atoms with Gasteiger partial charge in [-0.25, -0.2) is 4.79 Å². The fourth-order valence-corrected chi connectivity index (χ4v) is 2.65. The number of piperidine rings is 1. The van der Waals surface area contributed by atoms with Crippen molar-refractivity contribution in [3.05, 3.63) is 0 Å². The molecule has 1 amide bonds. The molecule has 1 aliphatic rings. The molecule has 6 nitrogen and oxygen atoms in total. The molecule has 128 valence electrons. The summed E-state index contributed by atoms with van der Waals surface area (Å²) in [5, 5.41) is 9.04. The molecule has 1 heterocycles. The number of carboxylic acids is 1. The molecule has 6 heteroatoms. The van der Waals surface area contributed by atoms with Crippen LogP contribution in [0, 0.1) is 0 Å². The first-order valence-corrected chi connectivity index (χ1v) is 8.05. The Morgan fingerprint density at radius 2 is 1.95 bits per heavy atom. The molecule has 1 aliphatic heterocycles. The zero-order chi connectivity index (χ0) is 16.9. The number of aliphatic carboxylic acids is 1. The third kappa shape index (κ3) is 6.22. The standard InChI is InChI=1S/C16H30N2O4/c1-12(2)17(11-14(19)20)10-13-8-6-7-9-18(13)15(21)22-16(3,4)5/h12-13H,6-11H2,1-5H3,(H,19,20)/t13-/m0/s1. The molecule has 0 bridgehead atoms. The van der Waals surface area contributed by atoms with Crippen LogP contribution in [0.2, 0.25) is 0 Å². The lowest BCUT2D eigenvalue weighted by Crippen LogP contribution is -2.52. The Hall–Kier alpha value is -1.30. The average molecular weight is 314 g/mol. The lowest BCUT2D eigenvalue weighted by Gasteiger charge is -2.39. The Bertz CT molecular complexity index is 390. The molecule has 0 aromatic carbocycles. The van der Waals surface area contributed by atoms with Crippen molar-refractivity contribution in [3.63, 3.8) is 0 Å². The molecule has 0 unspecified atom stereocenters. The zero-order valence-corrected chi connectivity index (χ0v) is 14.5. The van der Waals surface area contributed by atoms with Crippen LogP contribution >= 0.6 is 0 Å². The molecule has 0 radical (unpaired) electrons. The Morgan fingerprint density at radius 3 is 2.45 bits per heavy atom. The van der Waals surface area contributed by atoms with Crippen molar-refractivity contribution in [2.45, 2.75) is 71.6 Å². The van der Waals surface area contributed by atoms with E-state index in [2.05, 4.69) is 0 Å². The molecular weight excluding hydrogens is 284 g/mol. The summed E-state index contributed by atoms with van der Waals surface area (Å²) in [5.74, 6) is -0.840. The van der Waals surface area contributed by atoms with Crippen molar-refractivity contribution >= 4 is 12.1 Å². The van der Waals surface area contributed by atoms with E-state index < -0.39 is 11.6 Å². The van der Waals surface area contributed by atoms with E-state index in [1.54, 1.807) is 4.90 Å². The van der Waals surface area contributed by atoms with Gasteiger partial charge in [-0.05, 0) is 53.9 Å². The summed E-state index contributed by atoms with van der Waals surface area (Å²) in [6.07, 6.45) is 2.62. The van der Waals surface area contributed by atoms with E-state index in [0.29, 0.717) is 13.1 Å². The highest BCUT2D eigenvalue weighted by Gasteiger charge is 2.32. The fraction of sp³-hybridized carbons (Fsp3) is 0.875. The first kappa shape index (κ1) is 18.7. The van der Waals surface area contributed by atoms with Gasteiger partial charge in [-0.1, -0.05) is 0 Å². The highest BCUT2D eigenvalue weighted by atomic mass is 16.6. The monoisotopic (exact) mass is 314 g/mol. The summed E-state index contributed by atoms with van der Waals surface area (Å²) < 4.78 is 5.48.